The Hall–Kier alpha value is -3.12. The summed E-state index contributed by atoms with van der Waals surface area (Å²) in [6.45, 7) is 1.39. The fourth-order valence-corrected chi connectivity index (χ4v) is 2.66. The van der Waals surface area contributed by atoms with Crippen LogP contribution in [0.4, 0.5) is 0 Å². The lowest BCUT2D eigenvalue weighted by Gasteiger charge is -2.19. The van der Waals surface area contributed by atoms with E-state index in [9.17, 15) is 4.79 Å². The molecule has 3 rings (SSSR count). The fourth-order valence-electron chi connectivity index (χ4n) is 2.66. The van der Waals surface area contributed by atoms with Gasteiger partial charge in [0, 0.05) is 24.5 Å². The van der Waals surface area contributed by atoms with Crippen LogP contribution in [-0.2, 0) is 6.54 Å². The summed E-state index contributed by atoms with van der Waals surface area (Å²) < 4.78 is 7.31. The molecule has 0 saturated heterocycles. The van der Waals surface area contributed by atoms with Gasteiger partial charge < -0.3 is 15.8 Å². The zero-order valence-corrected chi connectivity index (χ0v) is 14.4. The number of hydrogen-bond donors (Lipinski definition) is 2. The molecule has 0 fully saturated rings. The lowest BCUT2D eigenvalue weighted by atomic mass is 10.1. The Labute approximate surface area is 152 Å². The minimum absolute atomic E-state index is 0.163. The molecular weight excluding hydrogens is 328 g/mol. The van der Waals surface area contributed by atoms with Gasteiger partial charge in [0.15, 0.2) is 0 Å². The Morgan fingerprint density at radius 1 is 1.15 bits per heavy atom. The zero-order chi connectivity index (χ0) is 18.2. The van der Waals surface area contributed by atoms with E-state index in [1.165, 1.54) is 0 Å². The van der Waals surface area contributed by atoms with Crippen molar-refractivity contribution in [2.45, 2.75) is 12.6 Å². The lowest BCUT2D eigenvalue weighted by Crippen LogP contribution is -2.31. The normalized spacial score (nSPS) is 11.7. The molecule has 2 aromatic carbocycles. The first-order valence-corrected chi connectivity index (χ1v) is 8.52. The van der Waals surface area contributed by atoms with Crippen LogP contribution in [0.15, 0.2) is 73.1 Å². The molecule has 6 heteroatoms. The molecule has 1 heterocycles. The standard InChI is InChI=1S/C20H22N4O2/c21-10-13-26-18-9-4-8-17(14-18)20(25)23-19(15-24-12-5-11-22-24)16-6-2-1-3-7-16/h1-9,11-12,14,19H,10,13,15,21H2,(H,23,25)/t19-/m1/s1. The zero-order valence-electron chi connectivity index (χ0n) is 14.4. The van der Waals surface area contributed by atoms with Gasteiger partial charge >= 0.3 is 0 Å². The summed E-state index contributed by atoms with van der Waals surface area (Å²) in [5.41, 5.74) is 7.02. The summed E-state index contributed by atoms with van der Waals surface area (Å²) >= 11 is 0. The van der Waals surface area contributed by atoms with Crippen molar-refractivity contribution in [1.29, 1.82) is 0 Å². The second-order valence-corrected chi connectivity index (χ2v) is 5.83. The molecule has 3 N–H and O–H groups in total. The monoisotopic (exact) mass is 350 g/mol. The van der Waals surface area contributed by atoms with Gasteiger partial charge in [-0.2, -0.15) is 5.10 Å². The highest BCUT2D eigenvalue weighted by Gasteiger charge is 2.17. The number of benzene rings is 2. The minimum atomic E-state index is -0.197. The van der Waals surface area contributed by atoms with Gasteiger partial charge in [-0.25, -0.2) is 0 Å². The van der Waals surface area contributed by atoms with E-state index in [0.717, 1.165) is 5.56 Å². The van der Waals surface area contributed by atoms with E-state index in [1.54, 1.807) is 29.1 Å². The Morgan fingerprint density at radius 3 is 2.73 bits per heavy atom. The summed E-state index contributed by atoms with van der Waals surface area (Å²) in [4.78, 5) is 12.8. The second kappa shape index (κ2) is 8.82. The molecular formula is C20H22N4O2. The topological polar surface area (TPSA) is 82.2 Å². The SMILES string of the molecule is NCCOc1cccc(C(=O)N[C@H](Cn2cccn2)c2ccccc2)c1. The first-order valence-electron chi connectivity index (χ1n) is 8.52. The van der Waals surface area contributed by atoms with E-state index in [2.05, 4.69) is 10.4 Å². The van der Waals surface area contributed by atoms with Gasteiger partial charge in [-0.3, -0.25) is 9.48 Å². The predicted octanol–water partition coefficient (Wildman–Crippen LogP) is 2.39. The first-order chi connectivity index (χ1) is 12.8. The largest absolute Gasteiger partial charge is 0.492 e. The van der Waals surface area contributed by atoms with Crippen molar-refractivity contribution in [3.8, 4) is 5.75 Å². The third-order valence-electron chi connectivity index (χ3n) is 3.92. The van der Waals surface area contributed by atoms with E-state index in [4.69, 9.17) is 10.5 Å². The molecule has 0 aliphatic carbocycles. The van der Waals surface area contributed by atoms with Gasteiger partial charge in [0.05, 0.1) is 12.6 Å². The molecule has 0 aliphatic heterocycles. The van der Waals surface area contributed by atoms with Crippen molar-refractivity contribution in [2.24, 2.45) is 5.73 Å². The number of carbonyl (C=O) groups is 1. The highest BCUT2D eigenvalue weighted by Crippen LogP contribution is 2.18. The average molecular weight is 350 g/mol. The predicted molar refractivity (Wildman–Crippen MR) is 99.9 cm³/mol. The molecule has 0 saturated carbocycles. The number of nitrogens with zero attached hydrogens (tertiary/aromatic N) is 2. The number of carbonyl (C=O) groups excluding carboxylic acids is 1. The van der Waals surface area contributed by atoms with Crippen LogP contribution in [0.5, 0.6) is 5.75 Å². The molecule has 1 amide bonds. The van der Waals surface area contributed by atoms with Crippen LogP contribution in [0.2, 0.25) is 0 Å². The second-order valence-electron chi connectivity index (χ2n) is 5.83. The Balaban J connectivity index is 1.76. The van der Waals surface area contributed by atoms with Gasteiger partial charge in [-0.05, 0) is 29.8 Å². The van der Waals surface area contributed by atoms with Crippen molar-refractivity contribution < 1.29 is 9.53 Å². The summed E-state index contributed by atoms with van der Waals surface area (Å²) in [6.07, 6.45) is 3.60. The van der Waals surface area contributed by atoms with Crippen LogP contribution in [0.3, 0.4) is 0 Å². The lowest BCUT2D eigenvalue weighted by molar-refractivity contribution is 0.0931. The van der Waals surface area contributed by atoms with Crippen molar-refractivity contribution in [1.82, 2.24) is 15.1 Å². The fraction of sp³-hybridized carbons (Fsp3) is 0.200. The van der Waals surface area contributed by atoms with Crippen LogP contribution in [0.1, 0.15) is 22.0 Å². The number of ether oxygens (including phenoxy) is 1. The molecule has 6 nitrogen and oxygen atoms in total. The van der Waals surface area contributed by atoms with E-state index in [1.807, 2.05) is 48.7 Å². The third kappa shape index (κ3) is 4.70. The van der Waals surface area contributed by atoms with Crippen molar-refractivity contribution in [3.05, 3.63) is 84.2 Å². The van der Waals surface area contributed by atoms with Gasteiger partial charge in [-0.15, -0.1) is 0 Å². The van der Waals surface area contributed by atoms with Crippen LogP contribution in [0.25, 0.3) is 0 Å². The van der Waals surface area contributed by atoms with Gasteiger partial charge in [0.25, 0.3) is 5.91 Å². The summed E-state index contributed by atoms with van der Waals surface area (Å²) in [7, 11) is 0. The number of aromatic nitrogens is 2. The number of rotatable bonds is 8. The maximum absolute atomic E-state index is 12.8. The maximum Gasteiger partial charge on any atom is 0.251 e. The highest BCUT2D eigenvalue weighted by atomic mass is 16.5. The van der Waals surface area contributed by atoms with Gasteiger partial charge in [-0.1, -0.05) is 36.4 Å². The molecule has 3 aromatic rings. The summed E-state index contributed by atoms with van der Waals surface area (Å²) in [6, 6.07) is 18.6. The molecule has 0 unspecified atom stereocenters. The Bertz CT molecular complexity index is 819. The summed E-state index contributed by atoms with van der Waals surface area (Å²) in [5.74, 6) is 0.468. The van der Waals surface area contributed by atoms with E-state index >= 15 is 0 Å². The smallest absolute Gasteiger partial charge is 0.251 e. The van der Waals surface area contributed by atoms with Crippen molar-refractivity contribution >= 4 is 5.91 Å². The van der Waals surface area contributed by atoms with Crippen LogP contribution < -0.4 is 15.8 Å². The average Bonchev–Trinajstić information content (AvgIpc) is 3.20. The molecule has 0 aliphatic rings. The van der Waals surface area contributed by atoms with Gasteiger partial charge in [0.2, 0.25) is 0 Å². The van der Waals surface area contributed by atoms with Gasteiger partial charge in [0.1, 0.15) is 12.4 Å². The molecule has 1 atom stereocenters. The Morgan fingerprint density at radius 2 is 2.00 bits per heavy atom. The number of amides is 1. The van der Waals surface area contributed by atoms with E-state index in [0.29, 0.717) is 31.0 Å². The molecule has 1 aromatic heterocycles. The van der Waals surface area contributed by atoms with Crippen molar-refractivity contribution in [2.75, 3.05) is 13.2 Å². The Kier molecular flexibility index (Phi) is 6.01. The van der Waals surface area contributed by atoms with E-state index in [-0.39, 0.29) is 11.9 Å². The highest BCUT2D eigenvalue weighted by molar-refractivity contribution is 5.94. The molecule has 0 radical (unpaired) electrons. The number of nitrogens with two attached hydrogens (primary N) is 1. The quantitative estimate of drug-likeness (QED) is 0.653. The van der Waals surface area contributed by atoms with Crippen LogP contribution in [-0.4, -0.2) is 28.8 Å². The minimum Gasteiger partial charge on any atom is -0.492 e. The van der Waals surface area contributed by atoms with E-state index < -0.39 is 0 Å². The number of hydrogen-bond acceptors (Lipinski definition) is 4. The molecule has 0 bridgehead atoms. The number of nitrogens with one attached hydrogen (secondary N) is 1. The molecule has 26 heavy (non-hydrogen) atoms. The third-order valence-corrected chi connectivity index (χ3v) is 3.92. The summed E-state index contributed by atoms with van der Waals surface area (Å²) in [5, 5.41) is 7.33. The van der Waals surface area contributed by atoms with Crippen LogP contribution >= 0.6 is 0 Å². The molecule has 134 valence electrons. The van der Waals surface area contributed by atoms with Crippen LogP contribution in [0, 0.1) is 0 Å². The van der Waals surface area contributed by atoms with Crippen molar-refractivity contribution in [3.63, 3.8) is 0 Å². The first kappa shape index (κ1) is 17.7. The molecule has 0 spiro atoms. The maximum atomic E-state index is 12.8.